The third-order valence-electron chi connectivity index (χ3n) is 12.1. The van der Waals surface area contributed by atoms with Crippen molar-refractivity contribution in [2.75, 3.05) is 4.90 Å². The summed E-state index contributed by atoms with van der Waals surface area (Å²) in [5, 5.41) is 4.81. The maximum absolute atomic E-state index is 7.10. The molecule has 0 bridgehead atoms. The van der Waals surface area contributed by atoms with Crippen molar-refractivity contribution in [2.24, 2.45) is 0 Å². The molecule has 0 radical (unpaired) electrons. The Morgan fingerprint density at radius 1 is 0.288 bits per heavy atom. The molecule has 59 heavy (non-hydrogen) atoms. The number of aromatic nitrogens is 2. The quantitative estimate of drug-likeness (QED) is 0.179. The smallest absolute Gasteiger partial charge is 0.157 e. The fourth-order valence-corrected chi connectivity index (χ4v) is 9.44. The van der Waals surface area contributed by atoms with E-state index in [1.807, 2.05) is 12.1 Å². The Morgan fingerprint density at radius 2 is 0.763 bits per heavy atom. The van der Waals surface area contributed by atoms with Crippen LogP contribution in [0.15, 0.2) is 200 Å². The van der Waals surface area contributed by atoms with Gasteiger partial charge in [0.15, 0.2) is 23.0 Å². The summed E-state index contributed by atoms with van der Waals surface area (Å²) in [5.41, 5.74) is 14.0. The van der Waals surface area contributed by atoms with Crippen LogP contribution in [0.25, 0.3) is 77.2 Å². The summed E-state index contributed by atoms with van der Waals surface area (Å²) in [4.78, 5) is 2.30. The molecular formula is C54H33N3O2. The molecule has 276 valence electrons. The number of anilines is 3. The number of ether oxygens (including phenoxy) is 2. The van der Waals surface area contributed by atoms with Gasteiger partial charge in [0.2, 0.25) is 0 Å². The van der Waals surface area contributed by atoms with Crippen molar-refractivity contribution < 1.29 is 9.47 Å². The lowest BCUT2D eigenvalue weighted by molar-refractivity contribution is 0.445. The van der Waals surface area contributed by atoms with E-state index in [9.17, 15) is 0 Å². The molecule has 0 saturated heterocycles. The first-order chi connectivity index (χ1) is 29.2. The molecule has 0 spiro atoms. The molecule has 5 nitrogen and oxygen atoms in total. The highest BCUT2D eigenvalue weighted by molar-refractivity contribution is 6.12. The highest BCUT2D eigenvalue weighted by Gasteiger charge is 2.36. The van der Waals surface area contributed by atoms with E-state index in [1.54, 1.807) is 0 Å². The molecule has 0 amide bonds. The number of hydrogen-bond acceptors (Lipinski definition) is 3. The number of para-hydroxylation sites is 4. The highest BCUT2D eigenvalue weighted by atomic mass is 16.5. The molecular weight excluding hydrogens is 723 g/mol. The molecule has 4 heterocycles. The van der Waals surface area contributed by atoms with Crippen LogP contribution in [0.2, 0.25) is 0 Å². The zero-order valence-electron chi connectivity index (χ0n) is 31.7. The van der Waals surface area contributed by atoms with E-state index in [-0.39, 0.29) is 0 Å². The van der Waals surface area contributed by atoms with Gasteiger partial charge in [0, 0.05) is 39.7 Å². The number of benzene rings is 9. The molecule has 0 unspecified atom stereocenters. The number of rotatable bonds is 4. The normalized spacial score (nSPS) is 12.6. The molecule has 11 aromatic rings. The molecule has 2 aromatic heterocycles. The average molecular weight is 756 g/mol. The van der Waals surface area contributed by atoms with E-state index in [0.717, 1.165) is 79.1 Å². The minimum Gasteiger partial charge on any atom is -0.453 e. The molecule has 0 saturated carbocycles. The van der Waals surface area contributed by atoms with Crippen LogP contribution in [0.3, 0.4) is 0 Å². The lowest BCUT2D eigenvalue weighted by Crippen LogP contribution is -2.20. The van der Waals surface area contributed by atoms with E-state index >= 15 is 0 Å². The first-order valence-electron chi connectivity index (χ1n) is 20.0. The zero-order chi connectivity index (χ0) is 38.6. The average Bonchev–Trinajstić information content (AvgIpc) is 3.81. The fraction of sp³-hybridized carbons (Fsp3) is 0. The van der Waals surface area contributed by atoms with Gasteiger partial charge in [-0.25, -0.2) is 0 Å². The number of fused-ring (bicyclic) bond motifs is 10. The van der Waals surface area contributed by atoms with Crippen LogP contribution < -0.4 is 14.4 Å². The van der Waals surface area contributed by atoms with Gasteiger partial charge in [0.05, 0.1) is 44.8 Å². The summed E-state index contributed by atoms with van der Waals surface area (Å²) in [6, 6.07) is 71.2. The molecule has 0 aliphatic carbocycles. The Kier molecular flexibility index (Phi) is 6.66. The summed E-state index contributed by atoms with van der Waals surface area (Å²) >= 11 is 0. The molecule has 13 rings (SSSR count). The van der Waals surface area contributed by atoms with Gasteiger partial charge in [0.1, 0.15) is 5.69 Å². The Bertz CT molecular complexity index is 3510. The lowest BCUT2D eigenvalue weighted by Gasteiger charge is -2.38. The summed E-state index contributed by atoms with van der Waals surface area (Å²) in [5.74, 6) is 3.04. The Morgan fingerprint density at radius 3 is 1.39 bits per heavy atom. The zero-order valence-corrected chi connectivity index (χ0v) is 31.7. The van der Waals surface area contributed by atoms with Crippen LogP contribution in [0.4, 0.5) is 17.1 Å². The summed E-state index contributed by atoms with van der Waals surface area (Å²) in [7, 11) is 0. The predicted molar refractivity (Wildman–Crippen MR) is 241 cm³/mol. The predicted octanol–water partition coefficient (Wildman–Crippen LogP) is 14.9. The Hall–Kier alpha value is -8.02. The number of nitrogens with zero attached hydrogens (tertiary/aromatic N) is 3. The summed E-state index contributed by atoms with van der Waals surface area (Å²) in [6.07, 6.45) is 0. The number of hydrogen-bond donors (Lipinski definition) is 0. The second-order valence-corrected chi connectivity index (χ2v) is 15.4. The molecule has 9 aromatic carbocycles. The van der Waals surface area contributed by atoms with Gasteiger partial charge in [-0.05, 0) is 70.8 Å². The second kappa shape index (κ2) is 12.2. The second-order valence-electron chi connectivity index (χ2n) is 15.4. The third kappa shape index (κ3) is 4.73. The van der Waals surface area contributed by atoms with Crippen molar-refractivity contribution in [3.63, 3.8) is 0 Å². The van der Waals surface area contributed by atoms with E-state index in [2.05, 4.69) is 202 Å². The standard InChI is InChI=1S/C54H33N3O2/c1-3-13-34(14-4-1)36-23-26-42-40-17-7-9-19-44(40)55(48(42)29-36)38-25-28-47-51(31-38)59-53-33-39(32-52-54(53)57(47)46-21-11-12-22-50(46)58-52)56-45-20-10-8-18-41(45)43-27-24-37(30-49(43)56)35-15-5-2-6-16-35/h1-33H. The molecule has 0 fully saturated rings. The first-order valence-corrected chi connectivity index (χ1v) is 20.0. The van der Waals surface area contributed by atoms with Crippen LogP contribution in [-0.4, -0.2) is 9.13 Å². The van der Waals surface area contributed by atoms with Gasteiger partial charge in [0.25, 0.3) is 0 Å². The van der Waals surface area contributed by atoms with E-state index < -0.39 is 0 Å². The topological polar surface area (TPSA) is 31.6 Å². The molecule has 2 aliphatic rings. The van der Waals surface area contributed by atoms with Crippen molar-refractivity contribution in [2.45, 2.75) is 0 Å². The molecule has 0 N–H and O–H groups in total. The molecule has 0 atom stereocenters. The summed E-state index contributed by atoms with van der Waals surface area (Å²) in [6.45, 7) is 0. The molecule has 2 aliphatic heterocycles. The SMILES string of the molecule is c1ccc(-c2ccc3c4ccccc4n(-c4ccc5c(c4)Oc4cc(-n6c7ccccc7c7ccc(-c8ccccc8)cc76)cc6c4N5c4ccccc4O6)c3c2)cc1. The monoisotopic (exact) mass is 755 g/mol. The van der Waals surface area contributed by atoms with Crippen molar-refractivity contribution >= 4 is 60.7 Å². The van der Waals surface area contributed by atoms with E-state index in [0.29, 0.717) is 0 Å². The Labute approximate surface area is 339 Å². The van der Waals surface area contributed by atoms with Crippen molar-refractivity contribution in [3.8, 4) is 56.6 Å². The van der Waals surface area contributed by atoms with Crippen LogP contribution in [0.5, 0.6) is 23.0 Å². The van der Waals surface area contributed by atoms with Crippen LogP contribution in [0.1, 0.15) is 0 Å². The van der Waals surface area contributed by atoms with Crippen LogP contribution in [-0.2, 0) is 0 Å². The van der Waals surface area contributed by atoms with Gasteiger partial charge in [-0.15, -0.1) is 0 Å². The van der Waals surface area contributed by atoms with Crippen molar-refractivity contribution in [3.05, 3.63) is 200 Å². The van der Waals surface area contributed by atoms with Gasteiger partial charge in [-0.3, -0.25) is 4.90 Å². The van der Waals surface area contributed by atoms with Crippen molar-refractivity contribution in [1.29, 1.82) is 0 Å². The van der Waals surface area contributed by atoms with Crippen molar-refractivity contribution in [1.82, 2.24) is 9.13 Å². The first kappa shape index (κ1) is 32.1. The van der Waals surface area contributed by atoms with Crippen LogP contribution >= 0.6 is 0 Å². The third-order valence-corrected chi connectivity index (χ3v) is 12.1. The van der Waals surface area contributed by atoms with Gasteiger partial charge >= 0.3 is 0 Å². The lowest BCUT2D eigenvalue weighted by atomic mass is 10.0. The maximum Gasteiger partial charge on any atom is 0.157 e. The summed E-state index contributed by atoms with van der Waals surface area (Å²) < 4.78 is 18.6. The molecule has 5 heteroatoms. The highest BCUT2D eigenvalue weighted by Crippen LogP contribution is 2.60. The van der Waals surface area contributed by atoms with Gasteiger partial charge in [-0.2, -0.15) is 0 Å². The van der Waals surface area contributed by atoms with Gasteiger partial charge in [-0.1, -0.05) is 133 Å². The minimum atomic E-state index is 0.732. The van der Waals surface area contributed by atoms with E-state index in [4.69, 9.17) is 9.47 Å². The Balaban J connectivity index is 1.02. The van der Waals surface area contributed by atoms with Crippen LogP contribution in [0, 0.1) is 0 Å². The van der Waals surface area contributed by atoms with Gasteiger partial charge < -0.3 is 18.6 Å². The fourth-order valence-electron chi connectivity index (χ4n) is 9.44. The maximum atomic E-state index is 7.10. The van der Waals surface area contributed by atoms with E-state index in [1.165, 1.54) is 38.2 Å². The largest absolute Gasteiger partial charge is 0.453 e. The minimum absolute atomic E-state index is 0.732.